The van der Waals surface area contributed by atoms with Gasteiger partial charge in [-0.25, -0.2) is 4.79 Å². The molecule has 0 spiro atoms. The second kappa shape index (κ2) is 9.52. The molecule has 3 aromatic carbocycles. The highest BCUT2D eigenvalue weighted by Crippen LogP contribution is 2.31. The molecule has 0 aliphatic rings. The molecule has 0 fully saturated rings. The van der Waals surface area contributed by atoms with E-state index in [-0.39, 0.29) is 11.4 Å². The van der Waals surface area contributed by atoms with Gasteiger partial charge in [-0.3, -0.25) is 5.41 Å². The van der Waals surface area contributed by atoms with Crippen LogP contribution in [-0.2, 0) is 20.8 Å². The predicted octanol–water partition coefficient (Wildman–Crippen LogP) is 3.37. The number of carbonyl (C=O) groups excluding carboxylic acids is 1. The Hall–Kier alpha value is -3.85. The molecular formula is C23H23N3O5S. The smallest absolute Gasteiger partial charge is 0.354 e. The van der Waals surface area contributed by atoms with Crippen LogP contribution in [0.2, 0.25) is 0 Å². The molecule has 3 aromatic rings. The summed E-state index contributed by atoms with van der Waals surface area (Å²) in [5.41, 5.74) is 9.14. The third-order valence-electron chi connectivity index (χ3n) is 4.66. The van der Waals surface area contributed by atoms with E-state index in [0.717, 1.165) is 23.1 Å². The van der Waals surface area contributed by atoms with Gasteiger partial charge in [0.1, 0.15) is 11.6 Å². The molecule has 0 aliphatic carbocycles. The zero-order valence-electron chi connectivity index (χ0n) is 17.6. The molecule has 0 atom stereocenters. The Morgan fingerprint density at radius 1 is 1.03 bits per heavy atom. The third-order valence-corrected chi connectivity index (χ3v) is 5.11. The Labute approximate surface area is 186 Å². The molecule has 3 rings (SSSR count). The number of hydrogen-bond donors (Lipinski definition) is 3. The maximum atomic E-state index is 12.5. The largest absolute Gasteiger partial charge is 0.497 e. The van der Waals surface area contributed by atoms with Crippen LogP contribution in [0.5, 0.6) is 5.75 Å². The van der Waals surface area contributed by atoms with E-state index in [4.69, 9.17) is 15.9 Å². The molecule has 0 bridgehead atoms. The van der Waals surface area contributed by atoms with E-state index >= 15 is 0 Å². The van der Waals surface area contributed by atoms with Crippen molar-refractivity contribution < 1.29 is 22.1 Å². The summed E-state index contributed by atoms with van der Waals surface area (Å²) in [5.74, 6) is -0.324. The van der Waals surface area contributed by atoms with Gasteiger partial charge in [0.15, 0.2) is 0 Å². The molecular weight excluding hydrogens is 430 g/mol. The number of methoxy groups -OCH3 is 1. The molecule has 0 saturated heterocycles. The van der Waals surface area contributed by atoms with Gasteiger partial charge in [0.2, 0.25) is 0 Å². The number of nitrogen functional groups attached to an aromatic ring is 1. The van der Waals surface area contributed by atoms with Crippen LogP contribution in [0, 0.1) is 5.41 Å². The Morgan fingerprint density at radius 2 is 1.72 bits per heavy atom. The first kappa shape index (κ1) is 22.8. The van der Waals surface area contributed by atoms with Crippen molar-refractivity contribution in [2.24, 2.45) is 5.73 Å². The fourth-order valence-electron chi connectivity index (χ4n) is 3.15. The lowest BCUT2D eigenvalue weighted by Crippen LogP contribution is -2.13. The van der Waals surface area contributed by atoms with Crippen LogP contribution >= 0.6 is 0 Å². The van der Waals surface area contributed by atoms with E-state index in [0.29, 0.717) is 23.4 Å². The van der Waals surface area contributed by atoms with Gasteiger partial charge in [-0.15, -0.1) is 0 Å². The molecule has 4 N–H and O–H groups in total. The zero-order chi connectivity index (χ0) is 23.3. The quantitative estimate of drug-likeness (QED) is 0.271. The van der Waals surface area contributed by atoms with Crippen LogP contribution in [0.3, 0.4) is 0 Å². The van der Waals surface area contributed by atoms with Crippen molar-refractivity contribution in [2.75, 3.05) is 18.7 Å². The minimum Gasteiger partial charge on any atom is -0.497 e. The highest BCUT2D eigenvalue weighted by Gasteiger charge is 2.20. The molecule has 0 saturated carbocycles. The third kappa shape index (κ3) is 5.64. The first-order chi connectivity index (χ1) is 15.2. The lowest BCUT2D eigenvalue weighted by atomic mass is 9.95. The van der Waals surface area contributed by atoms with Crippen molar-refractivity contribution in [1.82, 2.24) is 0 Å². The summed E-state index contributed by atoms with van der Waals surface area (Å²) in [7, 11) is -2.39. The van der Waals surface area contributed by atoms with Crippen molar-refractivity contribution in [1.29, 1.82) is 5.41 Å². The monoisotopic (exact) mass is 453 g/mol. The number of amidine groups is 1. The van der Waals surface area contributed by atoms with Gasteiger partial charge in [0, 0.05) is 17.8 Å². The molecule has 0 radical (unpaired) electrons. The van der Waals surface area contributed by atoms with Crippen LogP contribution in [0.4, 0.5) is 5.69 Å². The van der Waals surface area contributed by atoms with Gasteiger partial charge < -0.3 is 20.0 Å². The number of nitrogens with one attached hydrogen (secondary N) is 2. The summed E-state index contributed by atoms with van der Waals surface area (Å²) in [6.45, 7) is 0.390. The Kier molecular flexibility index (Phi) is 6.79. The van der Waals surface area contributed by atoms with E-state index in [9.17, 15) is 13.2 Å². The van der Waals surface area contributed by atoms with Crippen LogP contribution in [0.1, 0.15) is 21.5 Å². The van der Waals surface area contributed by atoms with Gasteiger partial charge in [-0.2, -0.15) is 8.42 Å². The van der Waals surface area contributed by atoms with Crippen molar-refractivity contribution in [3.05, 3.63) is 83.4 Å². The van der Waals surface area contributed by atoms with Gasteiger partial charge in [0.25, 0.3) is 0 Å². The standard InChI is InChI=1S/C23H23N3O5S/c1-30-18-11-12-19(20-5-3-4-6-21(20)23(27)31-32(2,28)29)16(13-18)14-26-17-9-7-15(8-10-17)22(24)25/h3-13,26H,14H2,1-2H3,(H3,24,25). The topological polar surface area (TPSA) is 132 Å². The highest BCUT2D eigenvalue weighted by molar-refractivity contribution is 7.86. The molecule has 0 amide bonds. The average Bonchev–Trinajstić information content (AvgIpc) is 2.76. The van der Waals surface area contributed by atoms with Crippen LogP contribution in [0.25, 0.3) is 11.1 Å². The lowest BCUT2D eigenvalue weighted by molar-refractivity contribution is 0.0749. The lowest BCUT2D eigenvalue weighted by Gasteiger charge is -2.16. The molecule has 8 nitrogen and oxygen atoms in total. The number of benzene rings is 3. The van der Waals surface area contributed by atoms with Crippen LogP contribution in [0.15, 0.2) is 66.7 Å². The van der Waals surface area contributed by atoms with Gasteiger partial charge in [-0.05, 0) is 59.2 Å². The maximum Gasteiger partial charge on any atom is 0.354 e. The molecule has 9 heteroatoms. The zero-order valence-corrected chi connectivity index (χ0v) is 18.4. The number of carbonyl (C=O) groups is 1. The summed E-state index contributed by atoms with van der Waals surface area (Å²) in [6.07, 6.45) is 0.827. The number of anilines is 1. The molecule has 0 aromatic heterocycles. The molecule has 166 valence electrons. The van der Waals surface area contributed by atoms with Crippen LogP contribution in [-0.4, -0.2) is 33.6 Å². The highest BCUT2D eigenvalue weighted by atomic mass is 32.2. The predicted molar refractivity (Wildman–Crippen MR) is 123 cm³/mol. The van der Waals surface area contributed by atoms with E-state index in [2.05, 4.69) is 9.50 Å². The van der Waals surface area contributed by atoms with Crippen molar-refractivity contribution >= 4 is 27.6 Å². The van der Waals surface area contributed by atoms with Gasteiger partial charge >= 0.3 is 16.1 Å². The van der Waals surface area contributed by atoms with Crippen molar-refractivity contribution in [3.63, 3.8) is 0 Å². The first-order valence-corrected chi connectivity index (χ1v) is 11.4. The molecule has 32 heavy (non-hydrogen) atoms. The van der Waals surface area contributed by atoms with E-state index < -0.39 is 16.1 Å². The normalized spacial score (nSPS) is 10.9. The average molecular weight is 454 g/mol. The van der Waals surface area contributed by atoms with E-state index in [1.807, 2.05) is 18.2 Å². The number of rotatable bonds is 8. The fraction of sp³-hybridized carbons (Fsp3) is 0.130. The first-order valence-electron chi connectivity index (χ1n) is 9.56. The molecule has 0 unspecified atom stereocenters. The Balaban J connectivity index is 1.96. The van der Waals surface area contributed by atoms with Gasteiger partial charge in [-0.1, -0.05) is 24.3 Å². The molecule has 0 heterocycles. The van der Waals surface area contributed by atoms with Crippen molar-refractivity contribution in [3.8, 4) is 16.9 Å². The summed E-state index contributed by atoms with van der Waals surface area (Å²) in [5, 5.41) is 10.8. The van der Waals surface area contributed by atoms with Crippen LogP contribution < -0.4 is 15.8 Å². The van der Waals surface area contributed by atoms with Crippen molar-refractivity contribution in [2.45, 2.75) is 6.54 Å². The number of ether oxygens (including phenoxy) is 1. The number of nitrogens with two attached hydrogens (primary N) is 1. The van der Waals surface area contributed by atoms with Gasteiger partial charge in [0.05, 0.1) is 18.9 Å². The number of hydrogen-bond acceptors (Lipinski definition) is 7. The summed E-state index contributed by atoms with van der Waals surface area (Å²) in [4.78, 5) is 12.5. The molecule has 0 aliphatic heterocycles. The summed E-state index contributed by atoms with van der Waals surface area (Å²) < 4.78 is 32.8. The summed E-state index contributed by atoms with van der Waals surface area (Å²) >= 11 is 0. The van der Waals surface area contributed by atoms with E-state index in [1.165, 1.54) is 6.07 Å². The fourth-order valence-corrected chi connectivity index (χ4v) is 3.51. The minimum absolute atomic E-state index is 0.00998. The summed E-state index contributed by atoms with van der Waals surface area (Å²) in [6, 6.07) is 19.2. The maximum absolute atomic E-state index is 12.5. The second-order valence-electron chi connectivity index (χ2n) is 6.99. The Morgan fingerprint density at radius 3 is 2.34 bits per heavy atom. The van der Waals surface area contributed by atoms with E-state index in [1.54, 1.807) is 49.6 Å². The SMILES string of the molecule is COc1ccc(-c2ccccc2C(=O)OS(C)(=O)=O)c(CNc2ccc(C(=N)N)cc2)c1. The minimum atomic E-state index is -3.95. The second-order valence-corrected chi connectivity index (χ2v) is 8.56. The Bertz CT molecular complexity index is 1250.